The maximum Gasteiger partial charge on any atom is 0.257 e. The van der Waals surface area contributed by atoms with Crippen molar-refractivity contribution >= 4 is 17.7 Å². The Morgan fingerprint density at radius 3 is 2.50 bits per heavy atom. The molecule has 0 radical (unpaired) electrons. The van der Waals surface area contributed by atoms with E-state index in [2.05, 4.69) is 59.7 Å². The molecule has 1 saturated heterocycles. The predicted octanol–water partition coefficient (Wildman–Crippen LogP) is 4.54. The molecule has 1 amide bonds. The lowest BCUT2D eigenvalue weighted by Gasteiger charge is -2.16. The predicted molar refractivity (Wildman–Crippen MR) is 110 cm³/mol. The highest BCUT2D eigenvalue weighted by Crippen LogP contribution is 2.29. The zero-order valence-corrected chi connectivity index (χ0v) is 16.9. The van der Waals surface area contributed by atoms with Gasteiger partial charge < -0.3 is 9.42 Å². The summed E-state index contributed by atoms with van der Waals surface area (Å²) in [5.41, 5.74) is 3.31. The highest BCUT2D eigenvalue weighted by atomic mass is 32.2. The third-order valence-corrected chi connectivity index (χ3v) is 5.91. The van der Waals surface area contributed by atoms with Gasteiger partial charge in [0.15, 0.2) is 5.82 Å². The van der Waals surface area contributed by atoms with Crippen molar-refractivity contribution in [1.82, 2.24) is 15.0 Å². The molecule has 0 spiro atoms. The summed E-state index contributed by atoms with van der Waals surface area (Å²) in [6.07, 6.45) is 3.48. The monoisotopic (exact) mass is 393 g/mol. The Kier molecular flexibility index (Phi) is 5.48. The van der Waals surface area contributed by atoms with Crippen molar-refractivity contribution in [3.05, 3.63) is 65.5 Å². The molecule has 28 heavy (non-hydrogen) atoms. The Morgan fingerprint density at radius 2 is 1.82 bits per heavy atom. The maximum atomic E-state index is 12.5. The average Bonchev–Trinajstić information content (AvgIpc) is 3.36. The summed E-state index contributed by atoms with van der Waals surface area (Å²) in [7, 11) is 0. The van der Waals surface area contributed by atoms with E-state index in [1.807, 2.05) is 17.0 Å². The van der Waals surface area contributed by atoms with Gasteiger partial charge in [0.25, 0.3) is 5.89 Å². The molecule has 0 saturated carbocycles. The van der Waals surface area contributed by atoms with Crippen LogP contribution in [0.25, 0.3) is 11.5 Å². The summed E-state index contributed by atoms with van der Waals surface area (Å²) in [6, 6.07) is 16.5. The number of carbonyl (C=O) groups is 1. The molecule has 1 unspecified atom stereocenters. The Labute approximate surface area is 169 Å². The highest BCUT2D eigenvalue weighted by Gasteiger charge is 2.33. The Balaban J connectivity index is 1.44. The van der Waals surface area contributed by atoms with Crippen LogP contribution in [0.5, 0.6) is 0 Å². The number of hydrogen-bond donors (Lipinski definition) is 0. The second-order valence-corrected chi connectivity index (χ2v) is 7.91. The van der Waals surface area contributed by atoms with Crippen LogP contribution in [0.4, 0.5) is 0 Å². The lowest BCUT2D eigenvalue weighted by molar-refractivity contribution is -0.128. The van der Waals surface area contributed by atoms with E-state index in [1.54, 1.807) is 11.8 Å². The average molecular weight is 394 g/mol. The van der Waals surface area contributed by atoms with Crippen molar-refractivity contribution in [2.75, 3.05) is 12.8 Å². The second kappa shape index (κ2) is 8.19. The molecular weight excluding hydrogens is 370 g/mol. The minimum atomic E-state index is -0.0228. The fourth-order valence-electron chi connectivity index (χ4n) is 3.45. The summed E-state index contributed by atoms with van der Waals surface area (Å²) < 4.78 is 5.46. The maximum absolute atomic E-state index is 12.5. The van der Waals surface area contributed by atoms with Crippen LogP contribution in [0, 0.1) is 0 Å². The van der Waals surface area contributed by atoms with Gasteiger partial charge in [-0.3, -0.25) is 4.79 Å². The summed E-state index contributed by atoms with van der Waals surface area (Å²) in [4.78, 5) is 20.1. The molecule has 4 rings (SSSR count). The fourth-order valence-corrected chi connectivity index (χ4v) is 3.86. The first-order valence-electron chi connectivity index (χ1n) is 9.50. The largest absolute Gasteiger partial charge is 0.338 e. The van der Waals surface area contributed by atoms with Gasteiger partial charge in [-0.1, -0.05) is 36.3 Å². The lowest BCUT2D eigenvalue weighted by Crippen LogP contribution is -2.24. The van der Waals surface area contributed by atoms with Crippen LogP contribution in [0.2, 0.25) is 0 Å². The quantitative estimate of drug-likeness (QED) is 0.576. The van der Waals surface area contributed by atoms with Crippen molar-refractivity contribution in [1.29, 1.82) is 0 Å². The normalized spacial score (nSPS) is 16.7. The molecule has 1 atom stereocenters. The van der Waals surface area contributed by atoms with Gasteiger partial charge in [0.05, 0.1) is 0 Å². The van der Waals surface area contributed by atoms with Crippen LogP contribution in [-0.4, -0.2) is 33.7 Å². The van der Waals surface area contributed by atoms with Crippen molar-refractivity contribution in [2.45, 2.75) is 37.1 Å². The van der Waals surface area contributed by atoms with Crippen molar-refractivity contribution in [3.8, 4) is 11.5 Å². The van der Waals surface area contributed by atoms with Gasteiger partial charge in [-0.2, -0.15) is 4.98 Å². The summed E-state index contributed by atoms with van der Waals surface area (Å²) in [5.74, 6) is 1.24. The number of thioether (sulfide) groups is 1. The van der Waals surface area contributed by atoms with Gasteiger partial charge in [0.2, 0.25) is 5.91 Å². The molecular formula is C22H23N3O2S. The van der Waals surface area contributed by atoms with E-state index in [9.17, 15) is 4.79 Å². The van der Waals surface area contributed by atoms with Crippen LogP contribution >= 0.6 is 11.8 Å². The number of hydrogen-bond acceptors (Lipinski definition) is 5. The van der Waals surface area contributed by atoms with E-state index in [-0.39, 0.29) is 11.8 Å². The van der Waals surface area contributed by atoms with Crippen LogP contribution in [0.15, 0.2) is 57.9 Å². The first-order chi connectivity index (χ1) is 13.7. The zero-order valence-electron chi connectivity index (χ0n) is 16.1. The number of likely N-dealkylation sites (tertiary alicyclic amines) is 1. The van der Waals surface area contributed by atoms with Gasteiger partial charge in [0.1, 0.15) is 0 Å². The minimum absolute atomic E-state index is 0.0228. The number of carbonyl (C=O) groups excluding carboxylic acids is 1. The molecule has 3 aromatic rings. The lowest BCUT2D eigenvalue weighted by atomic mass is 10.1. The number of aryl methyl sites for hydroxylation is 1. The third-order valence-electron chi connectivity index (χ3n) is 5.16. The number of nitrogens with zero attached hydrogens (tertiary/aromatic N) is 3. The summed E-state index contributed by atoms with van der Waals surface area (Å²) >= 11 is 1.71. The molecule has 1 aliphatic rings. The molecule has 1 aliphatic heterocycles. The molecule has 2 aromatic carbocycles. The van der Waals surface area contributed by atoms with Crippen molar-refractivity contribution in [2.24, 2.45) is 0 Å². The summed E-state index contributed by atoms with van der Waals surface area (Å²) in [6.45, 7) is 3.36. The molecule has 5 nitrogen and oxygen atoms in total. The van der Waals surface area contributed by atoms with Crippen molar-refractivity contribution < 1.29 is 9.32 Å². The molecule has 0 bridgehead atoms. The zero-order chi connectivity index (χ0) is 19.5. The van der Waals surface area contributed by atoms with Crippen LogP contribution in [0.1, 0.15) is 36.2 Å². The smallest absolute Gasteiger partial charge is 0.257 e. The van der Waals surface area contributed by atoms with Crippen LogP contribution in [0.3, 0.4) is 0 Å². The highest BCUT2D eigenvalue weighted by molar-refractivity contribution is 7.98. The van der Waals surface area contributed by atoms with Gasteiger partial charge >= 0.3 is 0 Å². The third kappa shape index (κ3) is 3.97. The number of aromatic nitrogens is 2. The molecule has 144 valence electrons. The van der Waals surface area contributed by atoms with E-state index in [1.165, 1.54) is 10.5 Å². The molecule has 0 N–H and O–H groups in total. The molecule has 1 aromatic heterocycles. The van der Waals surface area contributed by atoms with E-state index < -0.39 is 0 Å². The van der Waals surface area contributed by atoms with E-state index in [0.717, 1.165) is 17.5 Å². The Hall–Kier alpha value is -2.60. The van der Waals surface area contributed by atoms with Gasteiger partial charge in [-0.25, -0.2) is 0 Å². The van der Waals surface area contributed by atoms with Crippen LogP contribution < -0.4 is 0 Å². The topological polar surface area (TPSA) is 59.2 Å². The van der Waals surface area contributed by atoms with Crippen LogP contribution in [-0.2, 0) is 17.8 Å². The fraction of sp³-hybridized carbons (Fsp3) is 0.318. The standard InChI is InChI=1S/C22H23N3O2S/c1-3-15-4-8-17(9-5-15)22-23-21(24-27-22)18-12-20(26)25(14-18)13-16-6-10-19(28-2)11-7-16/h4-11,18H,3,12-14H2,1-2H3. The Bertz CT molecular complexity index is 951. The Morgan fingerprint density at radius 1 is 1.11 bits per heavy atom. The molecule has 6 heteroatoms. The van der Waals surface area contributed by atoms with Crippen molar-refractivity contribution in [3.63, 3.8) is 0 Å². The van der Waals surface area contributed by atoms with Gasteiger partial charge in [0, 0.05) is 35.9 Å². The SMILES string of the molecule is CCc1ccc(-c2nc(C3CC(=O)N(Cc4ccc(SC)cc4)C3)no2)cc1. The molecule has 2 heterocycles. The van der Waals surface area contributed by atoms with Gasteiger partial charge in [-0.05, 0) is 48.1 Å². The molecule has 1 fully saturated rings. The number of amides is 1. The second-order valence-electron chi connectivity index (χ2n) is 7.03. The first-order valence-corrected chi connectivity index (χ1v) is 10.7. The minimum Gasteiger partial charge on any atom is -0.338 e. The van der Waals surface area contributed by atoms with Gasteiger partial charge in [-0.15, -0.1) is 11.8 Å². The van der Waals surface area contributed by atoms with E-state index >= 15 is 0 Å². The number of rotatable bonds is 6. The molecule has 0 aliphatic carbocycles. The van der Waals surface area contributed by atoms with E-state index in [0.29, 0.717) is 31.2 Å². The number of benzene rings is 2. The van der Waals surface area contributed by atoms with E-state index in [4.69, 9.17) is 4.52 Å². The first kappa shape index (κ1) is 18.7. The summed E-state index contributed by atoms with van der Waals surface area (Å²) in [5, 5.41) is 4.15.